The predicted octanol–water partition coefficient (Wildman–Crippen LogP) is 2.82. The quantitative estimate of drug-likeness (QED) is 0.709. The number of carbonyl (C=O) groups excluding carboxylic acids is 2. The molecule has 1 aliphatic rings. The zero-order valence-corrected chi connectivity index (χ0v) is 16.1. The monoisotopic (exact) mass is 391 g/mol. The van der Waals surface area contributed by atoms with Crippen LogP contribution in [-0.4, -0.2) is 38.5 Å². The maximum absolute atomic E-state index is 14.2. The summed E-state index contributed by atoms with van der Waals surface area (Å²) >= 11 is 1.17. The van der Waals surface area contributed by atoms with E-state index in [1.807, 2.05) is 18.4 Å². The number of hydrogen-bond acceptors (Lipinski definition) is 5. The second kappa shape index (κ2) is 8.51. The van der Waals surface area contributed by atoms with E-state index in [4.69, 9.17) is 0 Å². The van der Waals surface area contributed by atoms with Gasteiger partial charge in [0.2, 0.25) is 5.91 Å². The summed E-state index contributed by atoms with van der Waals surface area (Å²) in [6.07, 6.45) is 1.90. The predicted molar refractivity (Wildman–Crippen MR) is 101 cm³/mol. The molecule has 3 amide bonds. The molecule has 1 aliphatic carbocycles. The topological polar surface area (TPSA) is 88.9 Å². The van der Waals surface area contributed by atoms with Gasteiger partial charge in [0.15, 0.2) is 11.0 Å². The van der Waals surface area contributed by atoms with E-state index < -0.39 is 11.9 Å². The molecular formula is C18H22FN5O2S. The van der Waals surface area contributed by atoms with Crippen molar-refractivity contribution in [2.45, 2.75) is 44.4 Å². The molecule has 0 unspecified atom stereocenters. The largest absolute Gasteiger partial charge is 0.335 e. The van der Waals surface area contributed by atoms with Crippen LogP contribution in [0.5, 0.6) is 0 Å². The zero-order chi connectivity index (χ0) is 19.4. The van der Waals surface area contributed by atoms with Crippen molar-refractivity contribution in [3.8, 4) is 11.4 Å². The highest BCUT2D eigenvalue weighted by Gasteiger charge is 2.24. The molecule has 1 saturated carbocycles. The van der Waals surface area contributed by atoms with E-state index in [0.29, 0.717) is 23.1 Å². The van der Waals surface area contributed by atoms with Crippen molar-refractivity contribution in [2.75, 3.05) is 5.75 Å². The molecule has 1 aromatic carbocycles. The Balaban J connectivity index is 1.70. The number of thioether (sulfide) groups is 1. The molecule has 0 atom stereocenters. The number of aromatic nitrogens is 3. The maximum atomic E-state index is 14.2. The van der Waals surface area contributed by atoms with Crippen LogP contribution in [0.3, 0.4) is 0 Å². The van der Waals surface area contributed by atoms with Crippen LogP contribution in [-0.2, 0) is 11.3 Å². The Morgan fingerprint density at radius 3 is 2.70 bits per heavy atom. The summed E-state index contributed by atoms with van der Waals surface area (Å²) in [5, 5.41) is 13.8. The molecule has 3 rings (SSSR count). The minimum Gasteiger partial charge on any atom is -0.335 e. The average Bonchev–Trinajstić information content (AvgIpc) is 3.33. The van der Waals surface area contributed by atoms with Gasteiger partial charge in [-0.2, -0.15) is 0 Å². The van der Waals surface area contributed by atoms with Gasteiger partial charge in [-0.1, -0.05) is 37.7 Å². The molecule has 0 aliphatic heterocycles. The molecule has 27 heavy (non-hydrogen) atoms. The first-order valence-electron chi connectivity index (χ1n) is 8.85. The summed E-state index contributed by atoms with van der Waals surface area (Å²) in [5.74, 6) is -0.0585. The molecule has 0 spiro atoms. The number of carbonyl (C=O) groups is 2. The Labute approximate surface area is 161 Å². The van der Waals surface area contributed by atoms with Crippen LogP contribution >= 0.6 is 11.8 Å². The van der Waals surface area contributed by atoms with Crippen LogP contribution in [0, 0.1) is 11.7 Å². The fraction of sp³-hybridized carbons (Fsp3) is 0.444. The van der Waals surface area contributed by atoms with Crippen molar-refractivity contribution < 1.29 is 14.0 Å². The number of nitrogens with zero attached hydrogens (tertiary/aromatic N) is 3. The van der Waals surface area contributed by atoms with Gasteiger partial charge in [-0.3, -0.25) is 10.1 Å². The summed E-state index contributed by atoms with van der Waals surface area (Å²) in [6, 6.07) is 6.10. The lowest BCUT2D eigenvalue weighted by molar-refractivity contribution is -0.117. The fourth-order valence-corrected chi connectivity index (χ4v) is 3.26. The highest BCUT2D eigenvalue weighted by molar-refractivity contribution is 7.99. The Morgan fingerprint density at radius 1 is 1.30 bits per heavy atom. The van der Waals surface area contributed by atoms with Crippen molar-refractivity contribution in [1.82, 2.24) is 25.4 Å². The molecule has 1 fully saturated rings. The minimum atomic E-state index is -0.473. The highest BCUT2D eigenvalue weighted by Crippen LogP contribution is 2.26. The van der Waals surface area contributed by atoms with E-state index in [0.717, 1.165) is 12.8 Å². The lowest BCUT2D eigenvalue weighted by Gasteiger charge is -2.13. The van der Waals surface area contributed by atoms with Crippen LogP contribution in [0.1, 0.15) is 26.7 Å². The van der Waals surface area contributed by atoms with Crippen molar-refractivity contribution >= 4 is 23.7 Å². The van der Waals surface area contributed by atoms with E-state index in [2.05, 4.69) is 20.8 Å². The van der Waals surface area contributed by atoms with Gasteiger partial charge in [0.1, 0.15) is 5.82 Å². The van der Waals surface area contributed by atoms with Crippen LogP contribution < -0.4 is 10.6 Å². The van der Waals surface area contributed by atoms with E-state index in [1.165, 1.54) is 17.8 Å². The lowest BCUT2D eigenvalue weighted by atomic mass is 10.2. The number of urea groups is 1. The number of amides is 3. The summed E-state index contributed by atoms with van der Waals surface area (Å²) in [7, 11) is 0. The number of benzene rings is 1. The number of rotatable bonds is 7. The Bertz CT molecular complexity index is 835. The number of halogens is 1. The average molecular weight is 391 g/mol. The molecule has 2 N–H and O–H groups in total. The molecular weight excluding hydrogens is 369 g/mol. The normalized spacial score (nSPS) is 13.6. The van der Waals surface area contributed by atoms with Gasteiger partial charge in [0.25, 0.3) is 0 Å². The Morgan fingerprint density at radius 2 is 2.04 bits per heavy atom. The first-order valence-corrected chi connectivity index (χ1v) is 9.84. The molecule has 0 saturated heterocycles. The van der Waals surface area contributed by atoms with Crippen molar-refractivity contribution in [3.63, 3.8) is 0 Å². The molecule has 1 heterocycles. The van der Waals surface area contributed by atoms with Gasteiger partial charge in [-0.05, 0) is 30.9 Å². The second-order valence-corrected chi connectivity index (χ2v) is 7.82. The SMILES string of the molecule is CC(C)Cn1c(SCC(=O)NC(=O)NC2CC2)nnc1-c1ccccc1F. The van der Waals surface area contributed by atoms with Crippen LogP contribution in [0.15, 0.2) is 29.4 Å². The van der Waals surface area contributed by atoms with Crippen LogP contribution in [0.4, 0.5) is 9.18 Å². The first-order chi connectivity index (χ1) is 12.9. The standard InChI is InChI=1S/C18H22FN5O2S/c1-11(2)9-24-16(13-5-3-4-6-14(13)19)22-23-18(24)27-10-15(25)21-17(26)20-12-7-8-12/h3-6,11-12H,7-10H2,1-2H3,(H2,20,21,25,26). The molecule has 9 heteroatoms. The Hall–Kier alpha value is -2.42. The molecule has 0 radical (unpaired) electrons. The minimum absolute atomic E-state index is 0.0194. The van der Waals surface area contributed by atoms with Crippen molar-refractivity contribution in [1.29, 1.82) is 0 Å². The van der Waals surface area contributed by atoms with Gasteiger partial charge in [0.05, 0.1) is 11.3 Å². The smallest absolute Gasteiger partial charge is 0.321 e. The van der Waals surface area contributed by atoms with E-state index in [-0.39, 0.29) is 23.5 Å². The van der Waals surface area contributed by atoms with E-state index in [1.54, 1.807) is 18.2 Å². The van der Waals surface area contributed by atoms with Crippen molar-refractivity contribution in [3.05, 3.63) is 30.1 Å². The number of nitrogens with one attached hydrogen (secondary N) is 2. The van der Waals surface area contributed by atoms with Crippen molar-refractivity contribution in [2.24, 2.45) is 5.92 Å². The van der Waals surface area contributed by atoms with Gasteiger partial charge in [-0.25, -0.2) is 9.18 Å². The van der Waals surface area contributed by atoms with Gasteiger partial charge in [0, 0.05) is 12.6 Å². The third-order valence-corrected chi connectivity index (χ3v) is 4.84. The summed E-state index contributed by atoms with van der Waals surface area (Å²) in [6.45, 7) is 4.66. The number of imide groups is 1. The fourth-order valence-electron chi connectivity index (χ4n) is 2.51. The lowest BCUT2D eigenvalue weighted by Crippen LogP contribution is -2.41. The van der Waals surface area contributed by atoms with Gasteiger partial charge >= 0.3 is 6.03 Å². The van der Waals surface area contributed by atoms with E-state index in [9.17, 15) is 14.0 Å². The second-order valence-electron chi connectivity index (χ2n) is 6.88. The number of hydrogen-bond donors (Lipinski definition) is 2. The summed E-state index contributed by atoms with van der Waals surface area (Å²) < 4.78 is 16.0. The van der Waals surface area contributed by atoms with Crippen LogP contribution in [0.25, 0.3) is 11.4 Å². The Kier molecular flexibility index (Phi) is 6.10. The van der Waals surface area contributed by atoms with Gasteiger partial charge < -0.3 is 9.88 Å². The summed E-state index contributed by atoms with van der Waals surface area (Å²) in [4.78, 5) is 23.6. The highest BCUT2D eigenvalue weighted by atomic mass is 32.2. The maximum Gasteiger partial charge on any atom is 0.321 e. The molecule has 144 valence electrons. The molecule has 0 bridgehead atoms. The summed E-state index contributed by atoms with van der Waals surface area (Å²) in [5.41, 5.74) is 0.366. The van der Waals surface area contributed by atoms with Gasteiger partial charge in [-0.15, -0.1) is 10.2 Å². The first kappa shape index (κ1) is 19.3. The third-order valence-electron chi connectivity index (χ3n) is 3.88. The molecule has 2 aromatic rings. The van der Waals surface area contributed by atoms with E-state index >= 15 is 0 Å². The molecule has 7 nitrogen and oxygen atoms in total. The third kappa shape index (κ3) is 5.29. The zero-order valence-electron chi connectivity index (χ0n) is 15.2. The molecule has 1 aromatic heterocycles. The van der Waals surface area contributed by atoms with Crippen LogP contribution in [0.2, 0.25) is 0 Å².